The maximum atomic E-state index is 12.7. The number of hydrogen-bond donors (Lipinski definition) is 5. The van der Waals surface area contributed by atoms with E-state index in [9.17, 15) is 44.6 Å². The number of H-pyrrole nitrogens is 1. The second-order valence-corrected chi connectivity index (χ2v) is 10.3. The topological polar surface area (TPSA) is 96.7 Å². The lowest BCUT2D eigenvalue weighted by molar-refractivity contribution is -0.138. The molecule has 1 aromatic heterocycles. The van der Waals surface area contributed by atoms with Gasteiger partial charge in [0.25, 0.3) is 0 Å². The number of halogens is 6. The average Bonchev–Trinajstić information content (AvgIpc) is 3.19. The molecule has 0 aliphatic carbocycles. The highest BCUT2D eigenvalue weighted by Crippen LogP contribution is 2.60. The van der Waals surface area contributed by atoms with Gasteiger partial charge in [-0.2, -0.15) is 26.3 Å². The molecular formula is C18H15F6NO4S2. The van der Waals surface area contributed by atoms with E-state index in [-0.39, 0.29) is 19.8 Å². The van der Waals surface area contributed by atoms with Gasteiger partial charge < -0.3 is 4.98 Å². The molecule has 5 nitrogen and oxygen atoms in total. The molecule has 0 atom stereocenters. The zero-order chi connectivity index (χ0) is 23.2. The molecule has 0 aliphatic rings. The highest BCUT2D eigenvalue weighted by molar-refractivity contribution is 8.25. The molecule has 0 unspecified atom stereocenters. The van der Waals surface area contributed by atoms with Crippen molar-refractivity contribution in [3.05, 3.63) is 71.8 Å². The van der Waals surface area contributed by atoms with Gasteiger partial charge in [0.15, 0.2) is 0 Å². The van der Waals surface area contributed by atoms with Gasteiger partial charge in [-0.05, 0) is 60.7 Å². The van der Waals surface area contributed by atoms with Crippen LogP contribution in [0.5, 0.6) is 0 Å². The SMILES string of the molecule is OS(O)(c1ccc(C(F)(F)F)cc1)c1ccc(S(O)(O)c2ccc(C(F)(F)F)cc2)[nH]1. The van der Waals surface area contributed by atoms with Crippen molar-refractivity contribution in [3.63, 3.8) is 0 Å². The number of aromatic amines is 1. The lowest BCUT2D eigenvalue weighted by Gasteiger charge is -2.33. The van der Waals surface area contributed by atoms with E-state index in [4.69, 9.17) is 0 Å². The number of hydrogen-bond acceptors (Lipinski definition) is 4. The van der Waals surface area contributed by atoms with Gasteiger partial charge in [-0.1, -0.05) is 0 Å². The van der Waals surface area contributed by atoms with E-state index < -0.39 is 44.7 Å². The summed E-state index contributed by atoms with van der Waals surface area (Å²) in [6.07, 6.45) is -9.22. The number of aromatic nitrogens is 1. The first-order valence-corrected chi connectivity index (χ1v) is 11.3. The molecule has 1 heterocycles. The number of alkyl halides is 6. The van der Waals surface area contributed by atoms with Crippen molar-refractivity contribution < 1.29 is 44.6 Å². The van der Waals surface area contributed by atoms with Crippen LogP contribution in [0.1, 0.15) is 11.1 Å². The van der Waals surface area contributed by atoms with E-state index in [1.54, 1.807) is 0 Å². The minimum Gasteiger partial charge on any atom is -0.329 e. The van der Waals surface area contributed by atoms with Crippen LogP contribution < -0.4 is 0 Å². The Bertz CT molecular complexity index is 976. The van der Waals surface area contributed by atoms with Gasteiger partial charge in [0.1, 0.15) is 10.1 Å². The Morgan fingerprint density at radius 1 is 0.516 bits per heavy atom. The van der Waals surface area contributed by atoms with Crippen LogP contribution in [0.2, 0.25) is 0 Å². The van der Waals surface area contributed by atoms with Crippen LogP contribution in [0.3, 0.4) is 0 Å². The summed E-state index contributed by atoms with van der Waals surface area (Å²) in [5.74, 6) is 0. The molecule has 0 saturated heterocycles. The largest absolute Gasteiger partial charge is 0.416 e. The van der Waals surface area contributed by atoms with E-state index in [1.807, 2.05) is 0 Å². The van der Waals surface area contributed by atoms with Gasteiger partial charge >= 0.3 is 12.4 Å². The summed E-state index contributed by atoms with van der Waals surface area (Å²) in [7, 11) is -7.66. The van der Waals surface area contributed by atoms with Gasteiger partial charge in [0, 0.05) is 0 Å². The number of nitrogens with one attached hydrogen (secondary N) is 1. The van der Waals surface area contributed by atoms with Gasteiger partial charge in [-0.3, -0.25) is 18.2 Å². The molecule has 0 spiro atoms. The first-order valence-electron chi connectivity index (χ1n) is 8.23. The van der Waals surface area contributed by atoms with Crippen LogP contribution >= 0.6 is 21.2 Å². The highest BCUT2D eigenvalue weighted by Gasteiger charge is 2.33. The second kappa shape index (κ2) is 7.76. The Hall–Kier alpha value is -2.16. The molecule has 0 radical (unpaired) electrons. The Balaban J connectivity index is 1.90. The van der Waals surface area contributed by atoms with Gasteiger partial charge in [0.05, 0.1) is 20.9 Å². The Morgan fingerprint density at radius 2 is 0.806 bits per heavy atom. The first kappa shape index (κ1) is 23.5. The summed E-state index contributed by atoms with van der Waals surface area (Å²) in [4.78, 5) is 1.91. The third kappa shape index (κ3) is 4.71. The van der Waals surface area contributed by atoms with Crippen LogP contribution in [-0.4, -0.2) is 23.2 Å². The fourth-order valence-electron chi connectivity index (χ4n) is 2.61. The minimum absolute atomic E-state index is 0.250. The van der Waals surface area contributed by atoms with Crippen LogP contribution in [0.15, 0.2) is 80.5 Å². The van der Waals surface area contributed by atoms with Crippen molar-refractivity contribution in [2.24, 2.45) is 0 Å². The Labute approximate surface area is 175 Å². The molecule has 13 heteroatoms. The van der Waals surface area contributed by atoms with Crippen LogP contribution in [-0.2, 0) is 12.4 Å². The molecule has 0 bridgehead atoms. The summed E-state index contributed by atoms with van der Waals surface area (Å²) < 4.78 is 118. The van der Waals surface area contributed by atoms with Crippen molar-refractivity contribution in [3.8, 4) is 0 Å². The zero-order valence-corrected chi connectivity index (χ0v) is 16.8. The maximum absolute atomic E-state index is 12.7. The zero-order valence-electron chi connectivity index (χ0n) is 15.1. The van der Waals surface area contributed by atoms with E-state index in [0.717, 1.165) is 36.4 Å². The fraction of sp³-hybridized carbons (Fsp3) is 0.111. The smallest absolute Gasteiger partial charge is 0.329 e. The molecule has 3 rings (SSSR count). The lowest BCUT2D eigenvalue weighted by Crippen LogP contribution is -2.07. The third-order valence-corrected chi connectivity index (χ3v) is 7.83. The predicted octanol–water partition coefficient (Wildman–Crippen LogP) is 7.39. The summed E-state index contributed by atoms with van der Waals surface area (Å²) in [5.41, 5.74) is -1.98. The van der Waals surface area contributed by atoms with Crippen molar-refractivity contribution >= 4 is 21.2 Å². The van der Waals surface area contributed by atoms with E-state index >= 15 is 0 Å². The average molecular weight is 487 g/mol. The minimum atomic E-state index is -4.61. The van der Waals surface area contributed by atoms with Crippen molar-refractivity contribution in [1.29, 1.82) is 0 Å². The molecule has 5 N–H and O–H groups in total. The summed E-state index contributed by atoms with van der Waals surface area (Å²) >= 11 is 0. The predicted molar refractivity (Wildman–Crippen MR) is 102 cm³/mol. The normalized spacial score (nSPS) is 14.5. The molecule has 0 aliphatic heterocycles. The molecule has 0 saturated carbocycles. The Kier molecular flexibility index (Phi) is 5.88. The molecule has 0 amide bonds. The number of rotatable bonds is 4. The van der Waals surface area contributed by atoms with Crippen molar-refractivity contribution in [1.82, 2.24) is 4.98 Å². The van der Waals surface area contributed by atoms with Crippen LogP contribution in [0, 0.1) is 0 Å². The lowest BCUT2D eigenvalue weighted by atomic mass is 10.2. The molecular weight excluding hydrogens is 472 g/mol. The van der Waals surface area contributed by atoms with E-state index in [2.05, 4.69) is 4.98 Å². The number of benzene rings is 2. The summed E-state index contributed by atoms with van der Waals surface area (Å²) in [5, 5.41) is -0.622. The van der Waals surface area contributed by atoms with Gasteiger partial charge in [-0.25, -0.2) is 0 Å². The molecule has 0 fully saturated rings. The second-order valence-electron chi connectivity index (χ2n) is 6.33. The van der Waals surface area contributed by atoms with Crippen LogP contribution in [0.25, 0.3) is 0 Å². The fourth-order valence-corrected chi connectivity index (χ4v) is 5.23. The highest BCUT2D eigenvalue weighted by atomic mass is 32.3. The van der Waals surface area contributed by atoms with E-state index in [0.29, 0.717) is 24.3 Å². The molecule has 31 heavy (non-hydrogen) atoms. The first-order chi connectivity index (χ1) is 14.1. The van der Waals surface area contributed by atoms with Gasteiger partial charge in [0.2, 0.25) is 0 Å². The third-order valence-electron chi connectivity index (χ3n) is 4.27. The van der Waals surface area contributed by atoms with Gasteiger partial charge in [-0.15, -0.1) is 21.2 Å². The summed E-state index contributed by atoms with van der Waals surface area (Å²) in [6, 6.07) is 8.40. The standard InChI is InChI=1S/C18H15F6NO4S2/c19-17(20,21)11-1-5-13(6-2-11)30(26,27)15-9-10-16(25-15)31(28,29)14-7-3-12(4-8-14)18(22,23)24/h1-10,25-29H. The van der Waals surface area contributed by atoms with Crippen molar-refractivity contribution in [2.75, 3.05) is 0 Å². The van der Waals surface area contributed by atoms with E-state index in [1.165, 1.54) is 0 Å². The maximum Gasteiger partial charge on any atom is 0.416 e. The molecule has 170 valence electrons. The monoisotopic (exact) mass is 487 g/mol. The van der Waals surface area contributed by atoms with Crippen LogP contribution in [0.4, 0.5) is 26.3 Å². The summed E-state index contributed by atoms with van der Waals surface area (Å²) in [6.45, 7) is 0. The Morgan fingerprint density at radius 3 is 1.06 bits per heavy atom. The molecule has 3 aromatic rings. The quantitative estimate of drug-likeness (QED) is 0.248. The molecule has 2 aromatic carbocycles. The van der Waals surface area contributed by atoms with Crippen molar-refractivity contribution in [2.45, 2.75) is 32.2 Å².